The molecule has 0 saturated heterocycles. The van der Waals surface area contributed by atoms with Crippen molar-refractivity contribution in [3.8, 4) is 5.95 Å². The number of anilines is 2. The Balaban J connectivity index is 1.92. The molecule has 3 rings (SSSR count). The average molecular weight is 290 g/mol. The van der Waals surface area contributed by atoms with Gasteiger partial charge in [-0.1, -0.05) is 12.8 Å². The highest BCUT2D eigenvalue weighted by Crippen LogP contribution is 2.32. The van der Waals surface area contributed by atoms with Crippen molar-refractivity contribution in [3.05, 3.63) is 18.7 Å². The number of nitrogens with two attached hydrogens (primary N) is 1. The number of imidazole rings is 1. The highest BCUT2D eigenvalue weighted by atomic mass is 16.3. The molecule has 1 saturated carbocycles. The molecule has 0 radical (unpaired) electrons. The van der Waals surface area contributed by atoms with Crippen molar-refractivity contribution in [1.82, 2.24) is 24.5 Å². The highest BCUT2D eigenvalue weighted by Gasteiger charge is 2.34. The van der Waals surface area contributed by atoms with E-state index in [4.69, 9.17) is 5.84 Å². The summed E-state index contributed by atoms with van der Waals surface area (Å²) < 4.78 is 1.66. The van der Waals surface area contributed by atoms with Crippen LogP contribution in [0.25, 0.3) is 5.95 Å². The van der Waals surface area contributed by atoms with Gasteiger partial charge in [0.1, 0.15) is 6.33 Å². The molecule has 112 valence electrons. The van der Waals surface area contributed by atoms with Crippen LogP contribution in [0.2, 0.25) is 0 Å². The lowest BCUT2D eigenvalue weighted by atomic mass is 9.99. The van der Waals surface area contributed by atoms with Crippen molar-refractivity contribution in [3.63, 3.8) is 0 Å². The lowest BCUT2D eigenvalue weighted by molar-refractivity contribution is 0.213. The smallest absolute Gasteiger partial charge is 0.243 e. The molecule has 0 amide bonds. The number of nitrogens with zero attached hydrogens (tertiary/aromatic N) is 5. The lowest BCUT2D eigenvalue weighted by Gasteiger charge is -2.28. The van der Waals surface area contributed by atoms with E-state index in [2.05, 4.69) is 30.7 Å². The second-order valence-corrected chi connectivity index (χ2v) is 5.17. The third-order valence-electron chi connectivity index (χ3n) is 3.73. The summed E-state index contributed by atoms with van der Waals surface area (Å²) in [5.74, 6) is 6.46. The van der Waals surface area contributed by atoms with Gasteiger partial charge < -0.3 is 10.4 Å². The van der Waals surface area contributed by atoms with E-state index in [0.717, 1.165) is 25.7 Å². The molecule has 1 aliphatic carbocycles. The standard InChI is InChI=1S/C12H18N8O/c13-19-10-15-9(18-12(7-21)3-1-2-4-12)16-11(17-10)20-6-5-14-8-20/h5-6,8,21H,1-4,7,13H2,(H2,15,16,17,18,19). The normalized spacial score (nSPS) is 16.9. The van der Waals surface area contributed by atoms with Gasteiger partial charge in [0.05, 0.1) is 12.1 Å². The van der Waals surface area contributed by atoms with Crippen LogP contribution in [0.4, 0.5) is 11.9 Å². The van der Waals surface area contributed by atoms with Crippen molar-refractivity contribution in [2.24, 2.45) is 5.84 Å². The molecule has 0 spiro atoms. The van der Waals surface area contributed by atoms with Crippen LogP contribution in [0.5, 0.6) is 0 Å². The Hall–Kier alpha value is -2.26. The Morgan fingerprint density at radius 2 is 2.00 bits per heavy atom. The van der Waals surface area contributed by atoms with Crippen LogP contribution in [0.15, 0.2) is 18.7 Å². The van der Waals surface area contributed by atoms with Gasteiger partial charge in [0.25, 0.3) is 0 Å². The van der Waals surface area contributed by atoms with Crippen LogP contribution in [-0.2, 0) is 0 Å². The Bertz CT molecular complexity index is 593. The Labute approximate surface area is 121 Å². The predicted octanol–water partition coefficient (Wildman–Crippen LogP) is 0.0599. The number of hydrogen-bond donors (Lipinski definition) is 4. The summed E-state index contributed by atoms with van der Waals surface area (Å²) in [6.07, 6.45) is 8.90. The summed E-state index contributed by atoms with van der Waals surface area (Å²) in [6.45, 7) is 0.0461. The van der Waals surface area contributed by atoms with E-state index >= 15 is 0 Å². The van der Waals surface area contributed by atoms with Gasteiger partial charge in [-0.25, -0.2) is 10.8 Å². The Kier molecular flexibility index (Phi) is 3.67. The van der Waals surface area contributed by atoms with Crippen LogP contribution in [-0.4, -0.2) is 41.8 Å². The fourth-order valence-electron chi connectivity index (χ4n) is 2.59. The van der Waals surface area contributed by atoms with E-state index < -0.39 is 0 Å². The van der Waals surface area contributed by atoms with E-state index in [1.54, 1.807) is 23.3 Å². The number of rotatable bonds is 5. The second-order valence-electron chi connectivity index (χ2n) is 5.17. The van der Waals surface area contributed by atoms with Crippen molar-refractivity contribution >= 4 is 11.9 Å². The van der Waals surface area contributed by atoms with Crippen LogP contribution in [0, 0.1) is 0 Å². The first-order valence-corrected chi connectivity index (χ1v) is 6.85. The first-order valence-electron chi connectivity index (χ1n) is 6.85. The topological polar surface area (TPSA) is 127 Å². The maximum absolute atomic E-state index is 9.67. The average Bonchev–Trinajstić information content (AvgIpc) is 3.19. The largest absolute Gasteiger partial charge is 0.394 e. The highest BCUT2D eigenvalue weighted by molar-refractivity contribution is 5.39. The Morgan fingerprint density at radius 3 is 2.62 bits per heavy atom. The predicted molar refractivity (Wildman–Crippen MR) is 76.7 cm³/mol. The van der Waals surface area contributed by atoms with Gasteiger partial charge in [-0.15, -0.1) is 0 Å². The SMILES string of the molecule is NNc1nc(NC2(CO)CCCC2)nc(-n2ccnc2)n1. The quantitative estimate of drug-likeness (QED) is 0.450. The van der Waals surface area contributed by atoms with Gasteiger partial charge in [0.15, 0.2) is 0 Å². The zero-order valence-electron chi connectivity index (χ0n) is 11.5. The third kappa shape index (κ3) is 2.78. The van der Waals surface area contributed by atoms with Gasteiger partial charge in [0, 0.05) is 12.4 Å². The molecule has 0 aliphatic heterocycles. The summed E-state index contributed by atoms with van der Waals surface area (Å²) in [5, 5.41) is 12.9. The van der Waals surface area contributed by atoms with Gasteiger partial charge in [-0.05, 0) is 12.8 Å². The fraction of sp³-hybridized carbons (Fsp3) is 0.500. The summed E-state index contributed by atoms with van der Waals surface area (Å²) in [5.41, 5.74) is 2.06. The number of hydrazine groups is 1. The first-order chi connectivity index (χ1) is 10.2. The van der Waals surface area contributed by atoms with Crippen molar-refractivity contribution in [1.29, 1.82) is 0 Å². The van der Waals surface area contributed by atoms with E-state index in [0.29, 0.717) is 11.9 Å². The number of nitrogens with one attached hydrogen (secondary N) is 2. The molecule has 0 unspecified atom stereocenters. The number of aliphatic hydroxyl groups is 1. The van der Waals surface area contributed by atoms with Crippen LogP contribution < -0.4 is 16.6 Å². The van der Waals surface area contributed by atoms with E-state index in [1.807, 2.05) is 0 Å². The molecule has 2 heterocycles. The summed E-state index contributed by atoms with van der Waals surface area (Å²) in [6, 6.07) is 0. The molecule has 1 aliphatic rings. The summed E-state index contributed by atoms with van der Waals surface area (Å²) in [7, 11) is 0. The van der Waals surface area contributed by atoms with Crippen molar-refractivity contribution in [2.45, 2.75) is 31.2 Å². The third-order valence-corrected chi connectivity index (χ3v) is 3.73. The minimum atomic E-state index is -0.362. The molecule has 2 aromatic heterocycles. The van der Waals surface area contributed by atoms with E-state index in [1.165, 1.54) is 0 Å². The number of aromatic nitrogens is 5. The van der Waals surface area contributed by atoms with Crippen LogP contribution in [0.1, 0.15) is 25.7 Å². The molecule has 0 atom stereocenters. The summed E-state index contributed by atoms with van der Waals surface area (Å²) in [4.78, 5) is 16.7. The zero-order chi connectivity index (χ0) is 14.7. The molecule has 0 bridgehead atoms. The maximum Gasteiger partial charge on any atom is 0.243 e. The molecular formula is C12H18N8O. The fourth-order valence-corrected chi connectivity index (χ4v) is 2.59. The molecule has 1 fully saturated rings. The van der Waals surface area contributed by atoms with Gasteiger partial charge in [-0.2, -0.15) is 15.0 Å². The number of nitrogen functional groups attached to an aromatic ring is 1. The molecule has 9 nitrogen and oxygen atoms in total. The molecular weight excluding hydrogens is 272 g/mol. The van der Waals surface area contributed by atoms with Crippen molar-refractivity contribution in [2.75, 3.05) is 17.3 Å². The van der Waals surface area contributed by atoms with Crippen LogP contribution >= 0.6 is 0 Å². The Morgan fingerprint density at radius 1 is 1.24 bits per heavy atom. The zero-order valence-corrected chi connectivity index (χ0v) is 11.5. The molecule has 21 heavy (non-hydrogen) atoms. The number of hydrogen-bond acceptors (Lipinski definition) is 8. The minimum absolute atomic E-state index is 0.0461. The molecule has 2 aromatic rings. The summed E-state index contributed by atoms with van der Waals surface area (Å²) >= 11 is 0. The monoisotopic (exact) mass is 290 g/mol. The maximum atomic E-state index is 9.67. The van der Waals surface area contributed by atoms with Crippen molar-refractivity contribution < 1.29 is 5.11 Å². The molecule has 5 N–H and O–H groups in total. The second kappa shape index (κ2) is 5.62. The number of aliphatic hydroxyl groups excluding tert-OH is 1. The molecule has 9 heteroatoms. The molecule has 0 aromatic carbocycles. The van der Waals surface area contributed by atoms with E-state index in [9.17, 15) is 5.11 Å². The van der Waals surface area contributed by atoms with Crippen LogP contribution in [0.3, 0.4) is 0 Å². The van der Waals surface area contributed by atoms with Gasteiger partial charge >= 0.3 is 0 Å². The minimum Gasteiger partial charge on any atom is -0.394 e. The van der Waals surface area contributed by atoms with Gasteiger partial charge in [-0.3, -0.25) is 9.99 Å². The van der Waals surface area contributed by atoms with E-state index in [-0.39, 0.29) is 18.1 Å². The van der Waals surface area contributed by atoms with Gasteiger partial charge in [0.2, 0.25) is 17.8 Å². The lowest BCUT2D eigenvalue weighted by Crippen LogP contribution is -2.40. The first kappa shape index (κ1) is 13.7.